The van der Waals surface area contributed by atoms with Gasteiger partial charge < -0.3 is 0 Å². The molecule has 106 valence electrons. The van der Waals surface area contributed by atoms with Crippen molar-refractivity contribution >= 4 is 21.2 Å². The maximum absolute atomic E-state index is 12.7. The van der Waals surface area contributed by atoms with Crippen LogP contribution in [0.2, 0.25) is 0 Å². The predicted molar refractivity (Wildman–Crippen MR) is 81.3 cm³/mol. The highest BCUT2D eigenvalue weighted by molar-refractivity contribution is 7.92. The highest BCUT2D eigenvalue weighted by Gasteiger charge is 2.34. The Kier molecular flexibility index (Phi) is 3.67. The lowest BCUT2D eigenvalue weighted by Gasteiger charge is -2.25. The van der Waals surface area contributed by atoms with Gasteiger partial charge in [-0.3, -0.25) is 4.90 Å². The first kappa shape index (κ1) is 13.8. The van der Waals surface area contributed by atoms with Gasteiger partial charge in [-0.15, -0.1) is 0 Å². The van der Waals surface area contributed by atoms with Crippen molar-refractivity contribution in [3.8, 4) is 0 Å². The lowest BCUT2D eigenvalue weighted by Crippen LogP contribution is -2.37. The summed E-state index contributed by atoms with van der Waals surface area (Å²) < 4.78 is 25.5. The molecule has 5 heteroatoms. The smallest absolute Gasteiger partial charge is 0.195 e. The van der Waals surface area contributed by atoms with E-state index in [4.69, 9.17) is 0 Å². The van der Waals surface area contributed by atoms with Gasteiger partial charge >= 0.3 is 0 Å². The van der Waals surface area contributed by atoms with Crippen LogP contribution in [0.3, 0.4) is 0 Å². The first-order valence-electron chi connectivity index (χ1n) is 6.70. The molecule has 20 heavy (non-hydrogen) atoms. The topological polar surface area (TPSA) is 37.4 Å². The van der Waals surface area contributed by atoms with Crippen molar-refractivity contribution in [1.29, 1.82) is 0 Å². The molecule has 1 aliphatic heterocycles. The minimum absolute atomic E-state index is 0.440. The zero-order chi connectivity index (χ0) is 14.2. The van der Waals surface area contributed by atoms with Crippen LogP contribution in [0, 0.1) is 0 Å². The zero-order valence-corrected chi connectivity index (χ0v) is 13.0. The Morgan fingerprint density at radius 2 is 1.85 bits per heavy atom. The summed E-state index contributed by atoms with van der Waals surface area (Å²) >= 11 is 1.43. The monoisotopic (exact) mass is 307 g/mol. The van der Waals surface area contributed by atoms with Gasteiger partial charge in [-0.1, -0.05) is 31.2 Å². The molecule has 1 unspecified atom stereocenters. The van der Waals surface area contributed by atoms with E-state index in [0.717, 1.165) is 13.1 Å². The fraction of sp³-hybridized carbons (Fsp3) is 0.333. The molecule has 0 saturated heterocycles. The first-order chi connectivity index (χ1) is 9.63. The molecule has 0 saturated carbocycles. The van der Waals surface area contributed by atoms with E-state index in [0.29, 0.717) is 11.3 Å². The molecule has 1 aliphatic rings. The fourth-order valence-corrected chi connectivity index (χ4v) is 5.67. The van der Waals surface area contributed by atoms with E-state index >= 15 is 0 Å². The molecule has 3 rings (SSSR count). The molecule has 0 fully saturated rings. The summed E-state index contributed by atoms with van der Waals surface area (Å²) in [4.78, 5) is 2.52. The highest BCUT2D eigenvalue weighted by atomic mass is 32.2. The first-order valence-corrected chi connectivity index (χ1v) is 9.18. The summed E-state index contributed by atoms with van der Waals surface area (Å²) in [7, 11) is -3.27. The average Bonchev–Trinajstić information content (AvgIpc) is 3.08. The van der Waals surface area contributed by atoms with Crippen LogP contribution in [0.25, 0.3) is 0 Å². The van der Waals surface area contributed by atoms with Gasteiger partial charge in [0, 0.05) is 18.5 Å². The van der Waals surface area contributed by atoms with Crippen molar-refractivity contribution in [1.82, 2.24) is 4.90 Å². The molecule has 2 aromatic rings. The van der Waals surface area contributed by atoms with E-state index in [2.05, 4.69) is 17.0 Å². The Morgan fingerprint density at radius 3 is 2.35 bits per heavy atom. The Balaban J connectivity index is 1.90. The maximum atomic E-state index is 12.7. The number of hydrogen-bond donors (Lipinski definition) is 0. The molecule has 1 aromatic carbocycles. The Bertz CT molecular complexity index is 667. The van der Waals surface area contributed by atoms with Gasteiger partial charge in [0.15, 0.2) is 9.84 Å². The molecule has 0 bridgehead atoms. The van der Waals surface area contributed by atoms with Crippen LogP contribution >= 0.6 is 11.3 Å². The number of fused-ring (bicyclic) bond motifs is 1. The molecule has 1 atom stereocenters. The zero-order valence-electron chi connectivity index (χ0n) is 11.3. The van der Waals surface area contributed by atoms with Crippen LogP contribution < -0.4 is 0 Å². The fourth-order valence-electron chi connectivity index (χ4n) is 2.81. The third-order valence-corrected chi connectivity index (χ3v) is 6.89. The highest BCUT2D eigenvalue weighted by Crippen LogP contribution is 2.30. The average molecular weight is 307 g/mol. The molecule has 1 aromatic heterocycles. The van der Waals surface area contributed by atoms with Gasteiger partial charge in [0.25, 0.3) is 0 Å². The lowest BCUT2D eigenvalue weighted by molar-refractivity contribution is 0.249. The Hall–Kier alpha value is -1.17. The van der Waals surface area contributed by atoms with Crippen LogP contribution in [-0.4, -0.2) is 18.7 Å². The summed E-state index contributed by atoms with van der Waals surface area (Å²) in [5.74, 6) is 0. The number of rotatable bonds is 4. The number of thiophene rings is 1. The predicted octanol–water partition coefficient (Wildman–Crippen LogP) is 3.27. The largest absolute Gasteiger partial charge is 0.278 e. The molecule has 0 radical (unpaired) electrons. The summed E-state index contributed by atoms with van der Waals surface area (Å²) in [6.07, 6.45) is 0.603. The van der Waals surface area contributed by atoms with Gasteiger partial charge in [-0.25, -0.2) is 8.42 Å². The second kappa shape index (κ2) is 5.31. The summed E-state index contributed by atoms with van der Waals surface area (Å²) in [5.41, 5.74) is 2.48. The normalized spacial score (nSPS) is 17.1. The third-order valence-electron chi connectivity index (χ3n) is 3.80. The quantitative estimate of drug-likeness (QED) is 0.870. The maximum Gasteiger partial charge on any atom is 0.195 e. The van der Waals surface area contributed by atoms with E-state index < -0.39 is 15.2 Å². The van der Waals surface area contributed by atoms with E-state index in [1.807, 2.05) is 24.4 Å². The Labute approximate surface area is 123 Å². The van der Waals surface area contributed by atoms with E-state index in [-0.39, 0.29) is 0 Å². The molecule has 2 heterocycles. The van der Waals surface area contributed by atoms with Crippen LogP contribution in [-0.2, 0) is 22.9 Å². The Morgan fingerprint density at radius 1 is 1.20 bits per heavy atom. The molecule has 3 nitrogen and oxygen atoms in total. The number of hydrogen-bond acceptors (Lipinski definition) is 4. The second-order valence-corrected chi connectivity index (χ2v) is 7.93. The number of nitrogens with zero attached hydrogens (tertiary/aromatic N) is 1. The van der Waals surface area contributed by atoms with Crippen LogP contribution in [0.1, 0.15) is 24.5 Å². The second-order valence-electron chi connectivity index (χ2n) is 5.04. The third kappa shape index (κ3) is 2.30. The SMILES string of the molecule is CCC(N1Cc2ccccc2C1)S(=O)(=O)c1ccsc1. The summed E-state index contributed by atoms with van der Waals surface area (Å²) in [6, 6.07) is 9.89. The van der Waals surface area contributed by atoms with Gasteiger partial charge in [0.2, 0.25) is 0 Å². The van der Waals surface area contributed by atoms with Crippen molar-refractivity contribution in [2.45, 2.75) is 36.7 Å². The minimum Gasteiger partial charge on any atom is -0.278 e. The van der Waals surface area contributed by atoms with E-state index in [9.17, 15) is 8.42 Å². The van der Waals surface area contributed by atoms with Crippen molar-refractivity contribution in [3.63, 3.8) is 0 Å². The van der Waals surface area contributed by atoms with Gasteiger partial charge in [0.1, 0.15) is 5.37 Å². The lowest BCUT2D eigenvalue weighted by atomic mass is 10.1. The van der Waals surface area contributed by atoms with Gasteiger partial charge in [-0.05, 0) is 29.0 Å². The molecule has 0 spiro atoms. The molecule has 0 N–H and O–H groups in total. The van der Waals surface area contributed by atoms with Crippen LogP contribution in [0.15, 0.2) is 46.0 Å². The molecular weight excluding hydrogens is 290 g/mol. The van der Waals surface area contributed by atoms with Crippen molar-refractivity contribution in [3.05, 3.63) is 52.2 Å². The summed E-state index contributed by atoms with van der Waals surface area (Å²) in [5, 5.41) is 3.10. The minimum atomic E-state index is -3.27. The molecule has 0 aliphatic carbocycles. The van der Waals surface area contributed by atoms with Crippen molar-refractivity contribution in [2.75, 3.05) is 0 Å². The molecule has 0 amide bonds. The summed E-state index contributed by atoms with van der Waals surface area (Å²) in [6.45, 7) is 3.38. The number of benzene rings is 1. The molecular formula is C15H17NO2S2. The van der Waals surface area contributed by atoms with Gasteiger partial charge in [-0.2, -0.15) is 11.3 Å². The van der Waals surface area contributed by atoms with Crippen molar-refractivity contribution in [2.24, 2.45) is 0 Å². The standard InChI is InChI=1S/C15H17NO2S2/c1-2-15(20(17,18)14-7-8-19-11-14)16-9-12-5-3-4-6-13(12)10-16/h3-8,11,15H,2,9-10H2,1H3. The van der Waals surface area contributed by atoms with Crippen LogP contribution in [0.5, 0.6) is 0 Å². The van der Waals surface area contributed by atoms with Gasteiger partial charge in [0.05, 0.1) is 4.90 Å². The van der Waals surface area contributed by atoms with Crippen molar-refractivity contribution < 1.29 is 8.42 Å². The van der Waals surface area contributed by atoms with Crippen LogP contribution in [0.4, 0.5) is 0 Å². The number of sulfone groups is 1. The van der Waals surface area contributed by atoms with E-state index in [1.54, 1.807) is 11.4 Å². The van der Waals surface area contributed by atoms with E-state index in [1.165, 1.54) is 22.5 Å².